The van der Waals surface area contributed by atoms with E-state index < -0.39 is 6.36 Å². The minimum Gasteiger partial charge on any atom is -0.456 e. The van der Waals surface area contributed by atoms with Crippen molar-refractivity contribution in [3.63, 3.8) is 0 Å². The van der Waals surface area contributed by atoms with Crippen molar-refractivity contribution in [3.05, 3.63) is 34.7 Å². The standard InChI is InChI=1S/C12H11F3N2O3S/c13-12(14,15)20-9-3-1-8(2-4-9)16-7-19-10-6-21-11(5-18)17-10/h1-4,6,16,18H,5,7H2. The van der Waals surface area contributed by atoms with E-state index in [1.165, 1.54) is 35.6 Å². The molecule has 0 bridgehead atoms. The summed E-state index contributed by atoms with van der Waals surface area (Å²) in [5, 5.41) is 13.9. The van der Waals surface area contributed by atoms with Gasteiger partial charge in [0.25, 0.3) is 0 Å². The molecule has 0 spiro atoms. The third-order valence-electron chi connectivity index (χ3n) is 2.25. The Hall–Kier alpha value is -2.00. The highest BCUT2D eigenvalue weighted by Crippen LogP contribution is 2.24. The number of aliphatic hydroxyl groups is 1. The highest BCUT2D eigenvalue weighted by Gasteiger charge is 2.30. The molecule has 1 aromatic heterocycles. The van der Waals surface area contributed by atoms with Gasteiger partial charge in [-0.2, -0.15) is 0 Å². The van der Waals surface area contributed by atoms with Crippen LogP contribution in [-0.4, -0.2) is 23.2 Å². The number of hydrogen-bond donors (Lipinski definition) is 2. The molecule has 0 amide bonds. The van der Waals surface area contributed by atoms with Crippen molar-refractivity contribution in [2.45, 2.75) is 13.0 Å². The zero-order valence-corrected chi connectivity index (χ0v) is 11.4. The van der Waals surface area contributed by atoms with E-state index in [1.807, 2.05) is 0 Å². The lowest BCUT2D eigenvalue weighted by Gasteiger charge is -2.10. The summed E-state index contributed by atoms with van der Waals surface area (Å²) in [6.07, 6.45) is -4.70. The Labute approximate surface area is 122 Å². The number of anilines is 1. The van der Waals surface area contributed by atoms with Gasteiger partial charge in [-0.15, -0.1) is 24.5 Å². The van der Waals surface area contributed by atoms with Crippen molar-refractivity contribution >= 4 is 17.0 Å². The highest BCUT2D eigenvalue weighted by atomic mass is 32.1. The Balaban J connectivity index is 1.80. The number of halogens is 3. The summed E-state index contributed by atoms with van der Waals surface area (Å²) in [5.74, 6) is 0.0784. The molecule has 0 saturated carbocycles. The number of ether oxygens (including phenoxy) is 2. The highest BCUT2D eigenvalue weighted by molar-refractivity contribution is 7.09. The van der Waals surface area contributed by atoms with E-state index >= 15 is 0 Å². The molecule has 0 fully saturated rings. The molecule has 2 N–H and O–H groups in total. The Kier molecular flexibility index (Phi) is 4.86. The zero-order valence-electron chi connectivity index (χ0n) is 10.6. The number of rotatable bonds is 6. The predicted octanol–water partition coefficient (Wildman–Crippen LogP) is 2.98. The van der Waals surface area contributed by atoms with Crippen LogP contribution in [0, 0.1) is 0 Å². The van der Waals surface area contributed by atoms with Crippen molar-refractivity contribution < 1.29 is 27.8 Å². The lowest BCUT2D eigenvalue weighted by atomic mass is 10.3. The van der Waals surface area contributed by atoms with Gasteiger partial charge < -0.3 is 19.9 Å². The molecule has 0 saturated heterocycles. The number of alkyl halides is 3. The van der Waals surface area contributed by atoms with Gasteiger partial charge >= 0.3 is 6.36 Å². The second-order valence-electron chi connectivity index (χ2n) is 3.78. The van der Waals surface area contributed by atoms with E-state index in [9.17, 15) is 13.2 Å². The van der Waals surface area contributed by atoms with Crippen LogP contribution in [0.4, 0.5) is 18.9 Å². The molecule has 2 aromatic rings. The van der Waals surface area contributed by atoms with Gasteiger partial charge in [-0.3, -0.25) is 0 Å². The third-order valence-corrected chi connectivity index (χ3v) is 3.06. The van der Waals surface area contributed by atoms with Gasteiger partial charge in [0.15, 0.2) is 6.73 Å². The SMILES string of the molecule is OCc1nc(OCNc2ccc(OC(F)(F)F)cc2)cs1. The van der Waals surface area contributed by atoms with Gasteiger partial charge in [0, 0.05) is 5.69 Å². The molecule has 9 heteroatoms. The first kappa shape index (κ1) is 15.4. The molecular formula is C12H11F3N2O3S. The van der Waals surface area contributed by atoms with E-state index in [0.29, 0.717) is 16.6 Å². The molecule has 0 atom stereocenters. The summed E-state index contributed by atoms with van der Waals surface area (Å²) < 4.78 is 45.0. The summed E-state index contributed by atoms with van der Waals surface area (Å²) in [5.41, 5.74) is 0.571. The van der Waals surface area contributed by atoms with Crippen LogP contribution in [0.25, 0.3) is 0 Å². The summed E-state index contributed by atoms with van der Waals surface area (Å²) in [4.78, 5) is 3.98. The first-order chi connectivity index (χ1) is 9.96. The fraction of sp³-hybridized carbons (Fsp3) is 0.250. The average molecular weight is 320 g/mol. The third kappa shape index (κ3) is 5.12. The van der Waals surface area contributed by atoms with Gasteiger partial charge in [0.2, 0.25) is 5.88 Å². The summed E-state index contributed by atoms with van der Waals surface area (Å²) in [6.45, 7) is -0.0593. The van der Waals surface area contributed by atoms with Crippen molar-refractivity contribution in [2.24, 2.45) is 0 Å². The molecular weight excluding hydrogens is 309 g/mol. The summed E-state index contributed by atoms with van der Waals surface area (Å²) >= 11 is 1.27. The van der Waals surface area contributed by atoms with Crippen LogP contribution in [0.15, 0.2) is 29.6 Å². The molecule has 0 aliphatic heterocycles. The molecule has 2 rings (SSSR count). The fourth-order valence-corrected chi connectivity index (χ4v) is 1.98. The largest absolute Gasteiger partial charge is 0.573 e. The fourth-order valence-electron chi connectivity index (χ4n) is 1.40. The van der Waals surface area contributed by atoms with E-state index in [1.54, 1.807) is 5.38 Å². The molecule has 0 radical (unpaired) electrons. The molecule has 1 heterocycles. The number of aromatic nitrogens is 1. The second-order valence-corrected chi connectivity index (χ2v) is 4.72. The lowest BCUT2D eigenvalue weighted by molar-refractivity contribution is -0.274. The van der Waals surface area contributed by atoms with E-state index in [2.05, 4.69) is 15.0 Å². The number of aliphatic hydroxyl groups excluding tert-OH is 1. The van der Waals surface area contributed by atoms with Crippen molar-refractivity contribution in [3.8, 4) is 11.6 Å². The van der Waals surface area contributed by atoms with Crippen molar-refractivity contribution in [2.75, 3.05) is 12.0 Å². The predicted molar refractivity (Wildman–Crippen MR) is 70.3 cm³/mol. The molecule has 1 aromatic carbocycles. The van der Waals surface area contributed by atoms with Crippen molar-refractivity contribution in [1.82, 2.24) is 4.98 Å². The molecule has 114 valence electrons. The number of nitrogens with one attached hydrogen (secondary N) is 1. The molecule has 0 aliphatic rings. The van der Waals surface area contributed by atoms with Crippen LogP contribution < -0.4 is 14.8 Å². The van der Waals surface area contributed by atoms with Gasteiger partial charge in [0.05, 0.1) is 12.0 Å². The van der Waals surface area contributed by atoms with Crippen LogP contribution in [-0.2, 0) is 6.61 Å². The van der Waals surface area contributed by atoms with Crippen LogP contribution >= 0.6 is 11.3 Å². The van der Waals surface area contributed by atoms with Gasteiger partial charge in [-0.1, -0.05) is 0 Å². The van der Waals surface area contributed by atoms with Crippen LogP contribution in [0.5, 0.6) is 11.6 Å². The van der Waals surface area contributed by atoms with Gasteiger partial charge in [0.1, 0.15) is 10.8 Å². The van der Waals surface area contributed by atoms with E-state index in [-0.39, 0.29) is 19.1 Å². The monoisotopic (exact) mass is 320 g/mol. The first-order valence-corrected chi connectivity index (χ1v) is 6.62. The normalized spacial score (nSPS) is 11.2. The number of nitrogens with zero attached hydrogens (tertiary/aromatic N) is 1. The van der Waals surface area contributed by atoms with Crippen molar-refractivity contribution in [1.29, 1.82) is 0 Å². The molecule has 5 nitrogen and oxygen atoms in total. The first-order valence-electron chi connectivity index (χ1n) is 5.74. The van der Waals surface area contributed by atoms with E-state index in [4.69, 9.17) is 9.84 Å². The number of benzene rings is 1. The van der Waals surface area contributed by atoms with Crippen LogP contribution in [0.3, 0.4) is 0 Å². The van der Waals surface area contributed by atoms with E-state index in [0.717, 1.165) is 0 Å². The lowest BCUT2D eigenvalue weighted by Crippen LogP contribution is -2.17. The average Bonchev–Trinajstić information content (AvgIpc) is 2.87. The maximum absolute atomic E-state index is 12.0. The Bertz CT molecular complexity index is 572. The Morgan fingerprint density at radius 1 is 1.24 bits per heavy atom. The smallest absolute Gasteiger partial charge is 0.456 e. The second kappa shape index (κ2) is 6.64. The number of hydrogen-bond acceptors (Lipinski definition) is 6. The molecule has 21 heavy (non-hydrogen) atoms. The Morgan fingerprint density at radius 2 is 1.95 bits per heavy atom. The van der Waals surface area contributed by atoms with Gasteiger partial charge in [-0.25, -0.2) is 4.98 Å². The van der Waals surface area contributed by atoms with Crippen LogP contribution in [0.2, 0.25) is 0 Å². The summed E-state index contributed by atoms with van der Waals surface area (Å²) in [7, 11) is 0. The number of thiazole rings is 1. The topological polar surface area (TPSA) is 63.6 Å². The van der Waals surface area contributed by atoms with Crippen LogP contribution in [0.1, 0.15) is 5.01 Å². The minimum atomic E-state index is -4.70. The maximum Gasteiger partial charge on any atom is 0.573 e. The molecule has 0 unspecified atom stereocenters. The van der Waals surface area contributed by atoms with Gasteiger partial charge in [-0.05, 0) is 24.3 Å². The zero-order chi connectivity index (χ0) is 15.3. The maximum atomic E-state index is 12.0. The molecule has 0 aliphatic carbocycles. The summed E-state index contributed by atoms with van der Waals surface area (Å²) in [6, 6.07) is 5.26. The quantitative estimate of drug-likeness (QED) is 0.801. The minimum absolute atomic E-state index is 0.0913. The Morgan fingerprint density at radius 3 is 2.52 bits per heavy atom.